The molecule has 0 spiro atoms. The van der Waals surface area contributed by atoms with Gasteiger partial charge in [-0.25, -0.2) is 9.48 Å². The minimum atomic E-state index is -1.01. The highest BCUT2D eigenvalue weighted by Gasteiger charge is 2.07. The minimum Gasteiger partial charge on any atom is -0.478 e. The molecule has 3 aromatic rings. The maximum Gasteiger partial charge on any atom is 0.335 e. The van der Waals surface area contributed by atoms with Crippen LogP contribution in [-0.4, -0.2) is 35.0 Å². The second kappa shape index (κ2) is 6.76. The Hall–Kier alpha value is -3.54. The summed E-state index contributed by atoms with van der Waals surface area (Å²) >= 11 is 0. The summed E-state index contributed by atoms with van der Waals surface area (Å²) in [4.78, 5) is 25.7. The van der Waals surface area contributed by atoms with Crippen LogP contribution in [0.3, 0.4) is 0 Å². The van der Waals surface area contributed by atoms with Crippen LogP contribution in [0.5, 0.6) is 0 Å². The van der Waals surface area contributed by atoms with Crippen molar-refractivity contribution < 1.29 is 9.90 Å². The van der Waals surface area contributed by atoms with Gasteiger partial charge in [0.1, 0.15) is 0 Å². The quantitative estimate of drug-likeness (QED) is 0.741. The lowest BCUT2D eigenvalue weighted by atomic mass is 10.1. The number of hydrogen-bond donors (Lipinski definition) is 2. The third kappa shape index (κ3) is 3.30. The fraction of sp³-hybridized carbons (Fsp3) is 0.100. The van der Waals surface area contributed by atoms with Gasteiger partial charge >= 0.3 is 5.97 Å². The van der Waals surface area contributed by atoms with Crippen LogP contribution in [-0.2, 0) is 0 Å². The number of aromatic amines is 1. The SMILES string of the molecule is C=c1[nH]n(-c2ccc(C(=O)O)cc2)c(=O)c1=Cc1ccc(N(C)C)cc1. The summed E-state index contributed by atoms with van der Waals surface area (Å²) in [7, 11) is 3.93. The molecule has 1 aromatic heterocycles. The van der Waals surface area contributed by atoms with Crippen molar-refractivity contribution in [1.29, 1.82) is 0 Å². The van der Waals surface area contributed by atoms with E-state index in [4.69, 9.17) is 5.11 Å². The lowest BCUT2D eigenvalue weighted by molar-refractivity contribution is 0.0697. The second-order valence-corrected chi connectivity index (χ2v) is 6.13. The Labute approximate surface area is 149 Å². The van der Waals surface area contributed by atoms with Gasteiger partial charge < -0.3 is 10.0 Å². The van der Waals surface area contributed by atoms with Crippen molar-refractivity contribution >= 4 is 24.3 Å². The molecule has 132 valence electrons. The van der Waals surface area contributed by atoms with Crippen molar-refractivity contribution in [1.82, 2.24) is 9.78 Å². The molecular formula is C20H19N3O3. The van der Waals surface area contributed by atoms with Crippen molar-refractivity contribution in [3.63, 3.8) is 0 Å². The van der Waals surface area contributed by atoms with Crippen molar-refractivity contribution in [2.24, 2.45) is 0 Å². The average Bonchev–Trinajstić information content (AvgIpc) is 2.90. The normalized spacial score (nSPS) is 11.5. The number of aromatic carboxylic acids is 1. The van der Waals surface area contributed by atoms with E-state index in [0.29, 0.717) is 16.3 Å². The van der Waals surface area contributed by atoms with E-state index in [9.17, 15) is 9.59 Å². The maximum atomic E-state index is 12.7. The number of carboxylic acid groups (broad SMARTS) is 1. The van der Waals surface area contributed by atoms with E-state index < -0.39 is 5.97 Å². The molecule has 1 heterocycles. The molecule has 0 unspecified atom stereocenters. The molecule has 0 radical (unpaired) electrons. The molecule has 3 rings (SSSR count). The fourth-order valence-corrected chi connectivity index (χ4v) is 2.61. The second-order valence-electron chi connectivity index (χ2n) is 6.13. The van der Waals surface area contributed by atoms with Crippen LogP contribution in [0, 0.1) is 0 Å². The number of carbonyl (C=O) groups is 1. The summed E-state index contributed by atoms with van der Waals surface area (Å²) in [6.45, 7) is 3.91. The molecule has 0 aliphatic heterocycles. The number of benzene rings is 2. The number of nitrogens with zero attached hydrogens (tertiary/aromatic N) is 2. The Kier molecular flexibility index (Phi) is 4.49. The summed E-state index contributed by atoms with van der Waals surface area (Å²) in [5.41, 5.74) is 2.44. The van der Waals surface area contributed by atoms with Gasteiger partial charge in [0.05, 0.1) is 21.8 Å². The zero-order chi connectivity index (χ0) is 18.8. The number of aromatic nitrogens is 2. The molecule has 0 bridgehead atoms. The van der Waals surface area contributed by atoms with E-state index >= 15 is 0 Å². The molecule has 26 heavy (non-hydrogen) atoms. The Morgan fingerprint density at radius 1 is 1.12 bits per heavy atom. The fourth-order valence-electron chi connectivity index (χ4n) is 2.61. The van der Waals surface area contributed by atoms with E-state index in [2.05, 4.69) is 11.7 Å². The monoisotopic (exact) mass is 349 g/mol. The van der Waals surface area contributed by atoms with Crippen LogP contribution in [0.4, 0.5) is 5.69 Å². The highest BCUT2D eigenvalue weighted by molar-refractivity contribution is 5.87. The van der Waals surface area contributed by atoms with E-state index in [1.807, 2.05) is 43.3 Å². The molecule has 2 N–H and O–H groups in total. The third-order valence-corrected chi connectivity index (χ3v) is 4.10. The number of carboxylic acids is 1. The van der Waals surface area contributed by atoms with Crippen LogP contribution in [0.1, 0.15) is 15.9 Å². The molecule has 0 fully saturated rings. The van der Waals surface area contributed by atoms with Crippen LogP contribution in [0.25, 0.3) is 18.3 Å². The molecule has 0 saturated heterocycles. The van der Waals surface area contributed by atoms with Gasteiger partial charge in [0.25, 0.3) is 5.56 Å². The van der Waals surface area contributed by atoms with E-state index in [1.165, 1.54) is 16.8 Å². The molecule has 0 saturated carbocycles. The summed E-state index contributed by atoms with van der Waals surface area (Å²) < 4.78 is 1.36. The predicted molar refractivity (Wildman–Crippen MR) is 102 cm³/mol. The van der Waals surface area contributed by atoms with Gasteiger partial charge in [0.2, 0.25) is 0 Å². The molecule has 6 heteroatoms. The molecule has 6 nitrogen and oxygen atoms in total. The summed E-state index contributed by atoms with van der Waals surface area (Å²) in [5, 5.41) is 12.9. The summed E-state index contributed by atoms with van der Waals surface area (Å²) in [6, 6.07) is 13.9. The van der Waals surface area contributed by atoms with Gasteiger partial charge in [-0.15, -0.1) is 0 Å². The molecule has 0 aliphatic carbocycles. The van der Waals surface area contributed by atoms with Crippen molar-refractivity contribution in [3.8, 4) is 5.69 Å². The number of anilines is 1. The standard InChI is InChI=1S/C20H19N3O3/c1-13-18(12-14-4-8-16(9-5-14)22(2)3)19(24)23(21-13)17-10-6-15(7-11-17)20(25)26/h4-12,21H,1H2,2-3H3,(H,25,26). The zero-order valence-corrected chi connectivity index (χ0v) is 14.6. The number of nitrogens with one attached hydrogen (secondary N) is 1. The van der Waals surface area contributed by atoms with Gasteiger partial charge in [-0.05, 0) is 48.0 Å². The van der Waals surface area contributed by atoms with Crippen LogP contribution >= 0.6 is 0 Å². The molecule has 0 amide bonds. The minimum absolute atomic E-state index is 0.163. The topological polar surface area (TPSA) is 78.3 Å². The third-order valence-electron chi connectivity index (χ3n) is 4.10. The summed E-state index contributed by atoms with van der Waals surface area (Å²) in [5.74, 6) is -1.01. The highest BCUT2D eigenvalue weighted by atomic mass is 16.4. The Balaban J connectivity index is 2.04. The molecular weight excluding hydrogens is 330 g/mol. The van der Waals surface area contributed by atoms with Crippen LogP contribution in [0.15, 0.2) is 53.3 Å². The first-order chi connectivity index (χ1) is 12.4. The van der Waals surface area contributed by atoms with E-state index in [1.54, 1.807) is 18.2 Å². The predicted octanol–water partition coefficient (Wildman–Crippen LogP) is 1.17. The van der Waals surface area contributed by atoms with Crippen molar-refractivity contribution in [2.75, 3.05) is 19.0 Å². The molecule has 0 aliphatic rings. The first-order valence-electron chi connectivity index (χ1n) is 7.99. The number of hydrogen-bond acceptors (Lipinski definition) is 3. The number of rotatable bonds is 4. The van der Waals surface area contributed by atoms with E-state index in [-0.39, 0.29) is 11.1 Å². The zero-order valence-electron chi connectivity index (χ0n) is 14.6. The largest absolute Gasteiger partial charge is 0.478 e. The Morgan fingerprint density at radius 2 is 1.73 bits per heavy atom. The van der Waals surface area contributed by atoms with Gasteiger partial charge in [0.15, 0.2) is 0 Å². The highest BCUT2D eigenvalue weighted by Crippen LogP contribution is 2.12. The Bertz CT molecular complexity index is 1110. The van der Waals surface area contributed by atoms with Gasteiger partial charge in [-0.1, -0.05) is 18.7 Å². The number of H-pyrrole nitrogens is 1. The van der Waals surface area contributed by atoms with Gasteiger partial charge in [0, 0.05) is 19.8 Å². The van der Waals surface area contributed by atoms with Gasteiger partial charge in [-0.3, -0.25) is 9.89 Å². The van der Waals surface area contributed by atoms with Gasteiger partial charge in [-0.2, -0.15) is 0 Å². The first kappa shape index (κ1) is 17.3. The van der Waals surface area contributed by atoms with Crippen LogP contribution in [0.2, 0.25) is 0 Å². The average molecular weight is 349 g/mol. The molecule has 2 aromatic carbocycles. The first-order valence-corrected chi connectivity index (χ1v) is 7.99. The smallest absolute Gasteiger partial charge is 0.335 e. The van der Waals surface area contributed by atoms with Crippen LogP contribution < -0.4 is 21.0 Å². The van der Waals surface area contributed by atoms with E-state index in [0.717, 1.165) is 11.3 Å². The lowest BCUT2D eigenvalue weighted by Crippen LogP contribution is -2.33. The van der Waals surface area contributed by atoms with Crippen molar-refractivity contribution in [2.45, 2.75) is 0 Å². The maximum absolute atomic E-state index is 12.7. The van der Waals surface area contributed by atoms with Crippen molar-refractivity contribution in [3.05, 3.63) is 80.6 Å². The lowest BCUT2D eigenvalue weighted by Gasteiger charge is -2.11. The Morgan fingerprint density at radius 3 is 2.27 bits per heavy atom. The molecule has 0 atom stereocenters. The summed E-state index contributed by atoms with van der Waals surface area (Å²) in [6.07, 6.45) is 1.78.